The maximum atomic E-state index is 12.0. The van der Waals surface area contributed by atoms with Crippen molar-refractivity contribution in [3.05, 3.63) is 53.6 Å². The van der Waals surface area contributed by atoms with Gasteiger partial charge in [-0.2, -0.15) is 0 Å². The molecule has 0 unspecified atom stereocenters. The van der Waals surface area contributed by atoms with E-state index in [1.54, 1.807) is 43.0 Å². The van der Waals surface area contributed by atoms with Gasteiger partial charge in [0.2, 0.25) is 11.8 Å². The van der Waals surface area contributed by atoms with Crippen LogP contribution in [-0.4, -0.2) is 17.6 Å². The summed E-state index contributed by atoms with van der Waals surface area (Å²) in [4.78, 5) is 24.6. The van der Waals surface area contributed by atoms with Crippen LogP contribution >= 0.6 is 11.8 Å². The van der Waals surface area contributed by atoms with Crippen molar-refractivity contribution in [2.75, 3.05) is 16.4 Å². The van der Waals surface area contributed by atoms with Crippen molar-refractivity contribution < 1.29 is 9.59 Å². The summed E-state index contributed by atoms with van der Waals surface area (Å²) in [6.07, 6.45) is 0.891. The number of benzene rings is 2. The van der Waals surface area contributed by atoms with Gasteiger partial charge < -0.3 is 10.6 Å². The van der Waals surface area contributed by atoms with Crippen LogP contribution < -0.4 is 10.6 Å². The van der Waals surface area contributed by atoms with Gasteiger partial charge >= 0.3 is 0 Å². The van der Waals surface area contributed by atoms with E-state index in [2.05, 4.69) is 42.7 Å². The highest BCUT2D eigenvalue weighted by Gasteiger charge is 2.05. The molecule has 0 aromatic heterocycles. The smallest absolute Gasteiger partial charge is 0.225 e. The van der Waals surface area contributed by atoms with Crippen LogP contribution in [0.2, 0.25) is 0 Å². The molecular weight excluding hydrogens is 332 g/mol. The second kappa shape index (κ2) is 9.28. The molecule has 0 heterocycles. The molecule has 0 radical (unpaired) electrons. The number of amides is 2. The minimum Gasteiger partial charge on any atom is -0.326 e. The van der Waals surface area contributed by atoms with Gasteiger partial charge in [-0.1, -0.05) is 13.0 Å². The molecule has 132 valence electrons. The number of carbonyl (C=O) groups excluding carboxylic acids is 2. The third-order valence-corrected chi connectivity index (χ3v) is 4.85. The summed E-state index contributed by atoms with van der Waals surface area (Å²) >= 11 is 1.69. The van der Waals surface area contributed by atoms with Crippen LogP contribution in [0.1, 0.15) is 30.9 Å². The van der Waals surface area contributed by atoms with Crippen LogP contribution in [0, 0.1) is 13.8 Å². The topological polar surface area (TPSA) is 58.2 Å². The fourth-order valence-electron chi connectivity index (χ4n) is 2.18. The van der Waals surface area contributed by atoms with Gasteiger partial charge in [0.15, 0.2) is 0 Å². The third kappa shape index (κ3) is 6.27. The van der Waals surface area contributed by atoms with Gasteiger partial charge in [0.1, 0.15) is 0 Å². The lowest BCUT2D eigenvalue weighted by molar-refractivity contribution is -0.116. The average molecular weight is 356 g/mol. The van der Waals surface area contributed by atoms with Crippen molar-refractivity contribution in [2.24, 2.45) is 0 Å². The zero-order valence-electron chi connectivity index (χ0n) is 14.9. The Labute approximate surface area is 153 Å². The number of thioether (sulfide) groups is 1. The molecule has 2 aromatic carbocycles. The Kier molecular flexibility index (Phi) is 7.07. The molecule has 0 saturated heterocycles. The number of rotatable bonds is 7. The van der Waals surface area contributed by atoms with Gasteiger partial charge in [-0.25, -0.2) is 0 Å². The fourth-order valence-corrected chi connectivity index (χ4v) is 3.12. The van der Waals surface area contributed by atoms with Gasteiger partial charge in [0, 0.05) is 34.9 Å². The largest absolute Gasteiger partial charge is 0.326 e. The molecule has 5 heteroatoms. The summed E-state index contributed by atoms with van der Waals surface area (Å²) in [5.41, 5.74) is 4.01. The van der Waals surface area contributed by atoms with Crippen molar-refractivity contribution in [3.8, 4) is 0 Å². The summed E-state index contributed by atoms with van der Waals surface area (Å²) in [5.74, 6) is 0.695. The zero-order chi connectivity index (χ0) is 18.2. The maximum Gasteiger partial charge on any atom is 0.225 e. The number of nitrogens with one attached hydrogen (secondary N) is 2. The molecular formula is C20H24N2O2S. The van der Waals surface area contributed by atoms with E-state index in [-0.39, 0.29) is 11.8 Å². The first-order valence-corrected chi connectivity index (χ1v) is 9.36. The van der Waals surface area contributed by atoms with E-state index in [1.807, 2.05) is 0 Å². The highest BCUT2D eigenvalue weighted by molar-refractivity contribution is 7.99. The quantitative estimate of drug-likeness (QED) is 0.702. The van der Waals surface area contributed by atoms with Gasteiger partial charge in [-0.05, 0) is 61.4 Å². The van der Waals surface area contributed by atoms with E-state index in [1.165, 1.54) is 16.0 Å². The molecule has 0 aliphatic carbocycles. The fraction of sp³-hybridized carbons (Fsp3) is 0.300. The first-order chi connectivity index (χ1) is 12.0. The lowest BCUT2D eigenvalue weighted by atomic mass is 10.1. The molecule has 0 fully saturated rings. The average Bonchev–Trinajstić information content (AvgIpc) is 2.59. The summed E-state index contributed by atoms with van der Waals surface area (Å²) in [7, 11) is 0. The number of carbonyl (C=O) groups is 2. The first-order valence-electron chi connectivity index (χ1n) is 8.37. The predicted molar refractivity (Wildman–Crippen MR) is 105 cm³/mol. The molecule has 4 nitrogen and oxygen atoms in total. The second-order valence-electron chi connectivity index (χ2n) is 5.87. The molecule has 0 bridgehead atoms. The highest BCUT2D eigenvalue weighted by Crippen LogP contribution is 2.22. The molecule has 25 heavy (non-hydrogen) atoms. The molecule has 0 aliphatic heterocycles. The lowest BCUT2D eigenvalue weighted by Crippen LogP contribution is -2.12. The molecule has 0 spiro atoms. The third-order valence-electron chi connectivity index (χ3n) is 3.85. The summed E-state index contributed by atoms with van der Waals surface area (Å²) < 4.78 is 0. The number of aryl methyl sites for hydroxylation is 2. The summed E-state index contributed by atoms with van der Waals surface area (Å²) in [5, 5.41) is 5.66. The maximum absolute atomic E-state index is 12.0. The molecule has 0 atom stereocenters. The van der Waals surface area contributed by atoms with E-state index in [0.29, 0.717) is 12.8 Å². The van der Waals surface area contributed by atoms with Gasteiger partial charge in [-0.3, -0.25) is 9.59 Å². The van der Waals surface area contributed by atoms with Crippen LogP contribution in [0.4, 0.5) is 11.4 Å². The van der Waals surface area contributed by atoms with E-state index >= 15 is 0 Å². The Hall–Kier alpha value is -2.27. The Balaban J connectivity index is 1.77. The highest BCUT2D eigenvalue weighted by atomic mass is 32.2. The van der Waals surface area contributed by atoms with Crippen LogP contribution in [-0.2, 0) is 9.59 Å². The number of hydrogen-bond acceptors (Lipinski definition) is 3. The van der Waals surface area contributed by atoms with Crippen molar-refractivity contribution in [1.82, 2.24) is 0 Å². The number of hydrogen-bond donors (Lipinski definition) is 2. The Morgan fingerprint density at radius 2 is 1.48 bits per heavy atom. The minimum absolute atomic E-state index is 0.0123. The Bertz CT molecular complexity index is 742. The SMILES string of the molecule is CCC(=O)Nc1ccc(NC(=O)CCSc2ccc(C)c(C)c2)cc1. The summed E-state index contributed by atoms with van der Waals surface area (Å²) in [6.45, 7) is 5.99. The molecule has 2 rings (SSSR count). The number of anilines is 2. The Morgan fingerprint density at radius 3 is 2.04 bits per heavy atom. The van der Waals surface area contributed by atoms with Gasteiger partial charge in [-0.15, -0.1) is 11.8 Å². The first kappa shape index (κ1) is 19.1. The van der Waals surface area contributed by atoms with E-state index < -0.39 is 0 Å². The molecule has 2 N–H and O–H groups in total. The van der Waals surface area contributed by atoms with E-state index in [0.717, 1.165) is 17.1 Å². The van der Waals surface area contributed by atoms with Crippen LogP contribution in [0.15, 0.2) is 47.4 Å². The Morgan fingerprint density at radius 1 is 0.880 bits per heavy atom. The second-order valence-corrected chi connectivity index (χ2v) is 7.04. The van der Waals surface area contributed by atoms with Crippen molar-refractivity contribution in [2.45, 2.75) is 38.5 Å². The lowest BCUT2D eigenvalue weighted by Gasteiger charge is -2.08. The minimum atomic E-state index is -0.0276. The van der Waals surface area contributed by atoms with Crippen LogP contribution in [0.3, 0.4) is 0 Å². The predicted octanol–water partition coefficient (Wildman–Crippen LogP) is 4.77. The van der Waals surface area contributed by atoms with Crippen LogP contribution in [0.5, 0.6) is 0 Å². The van der Waals surface area contributed by atoms with E-state index in [4.69, 9.17) is 0 Å². The van der Waals surface area contributed by atoms with Crippen molar-refractivity contribution >= 4 is 35.0 Å². The molecule has 0 saturated carbocycles. The standard InChI is InChI=1S/C20H24N2O2S/c1-4-19(23)21-16-6-8-17(9-7-16)22-20(24)11-12-25-18-10-5-14(2)15(3)13-18/h5-10,13H,4,11-12H2,1-3H3,(H,21,23)(H,22,24). The normalized spacial score (nSPS) is 10.4. The van der Waals surface area contributed by atoms with Crippen LogP contribution in [0.25, 0.3) is 0 Å². The zero-order valence-corrected chi connectivity index (χ0v) is 15.7. The molecule has 0 aliphatic rings. The molecule has 2 aromatic rings. The molecule has 2 amide bonds. The van der Waals surface area contributed by atoms with E-state index in [9.17, 15) is 9.59 Å². The van der Waals surface area contributed by atoms with Crippen molar-refractivity contribution in [1.29, 1.82) is 0 Å². The van der Waals surface area contributed by atoms with Gasteiger partial charge in [0.05, 0.1) is 0 Å². The van der Waals surface area contributed by atoms with Crippen molar-refractivity contribution in [3.63, 3.8) is 0 Å². The monoisotopic (exact) mass is 356 g/mol. The summed E-state index contributed by atoms with van der Waals surface area (Å²) in [6, 6.07) is 13.5. The van der Waals surface area contributed by atoms with Gasteiger partial charge in [0.25, 0.3) is 0 Å².